The first-order chi connectivity index (χ1) is 15.3. The van der Waals surface area contributed by atoms with Crippen LogP contribution < -0.4 is 4.74 Å². The van der Waals surface area contributed by atoms with E-state index in [-0.39, 0.29) is 27.3 Å². The van der Waals surface area contributed by atoms with Crippen molar-refractivity contribution in [2.45, 2.75) is 38.5 Å². The fraction of sp³-hybridized carbons (Fsp3) is 0.375. The van der Waals surface area contributed by atoms with Gasteiger partial charge in [-0.3, -0.25) is 14.6 Å². The number of ether oxygens (including phenoxy) is 1. The predicted octanol–water partition coefficient (Wildman–Crippen LogP) is 3.63. The van der Waals surface area contributed by atoms with Gasteiger partial charge >= 0.3 is 0 Å². The van der Waals surface area contributed by atoms with E-state index < -0.39 is 11.9 Å². The lowest BCUT2D eigenvalue weighted by molar-refractivity contribution is 0.00681. The maximum absolute atomic E-state index is 13.6. The minimum atomic E-state index is -0.845. The second-order valence-corrected chi connectivity index (χ2v) is 8.35. The van der Waals surface area contributed by atoms with Crippen LogP contribution >= 0.6 is 0 Å². The van der Waals surface area contributed by atoms with E-state index in [0.29, 0.717) is 34.5 Å². The number of hydrogen-bond acceptors (Lipinski definition) is 5. The fourth-order valence-corrected chi connectivity index (χ4v) is 4.37. The number of fused-ring (bicyclic) bond motifs is 2. The average Bonchev–Trinajstić information content (AvgIpc) is 3.22. The largest absolute Gasteiger partial charge is 0.470 e. The summed E-state index contributed by atoms with van der Waals surface area (Å²) >= 11 is 0. The van der Waals surface area contributed by atoms with Crippen LogP contribution in [-0.2, 0) is 6.42 Å². The lowest BCUT2D eigenvalue weighted by atomic mass is 10.00. The Balaban J connectivity index is 0.00000204. The van der Waals surface area contributed by atoms with Crippen LogP contribution in [0.5, 0.6) is 5.75 Å². The van der Waals surface area contributed by atoms with Crippen LogP contribution in [0.15, 0.2) is 36.4 Å². The van der Waals surface area contributed by atoms with Crippen LogP contribution in [0.3, 0.4) is 0 Å². The first kappa shape index (κ1) is 21.8. The van der Waals surface area contributed by atoms with E-state index in [1.165, 1.54) is 17.1 Å². The van der Waals surface area contributed by atoms with Crippen LogP contribution in [0.1, 0.15) is 47.5 Å². The molecule has 2 atom stereocenters. The zero-order valence-corrected chi connectivity index (χ0v) is 18.3. The number of carbonyl (C=O) groups excluding carboxylic acids is 2. The van der Waals surface area contributed by atoms with Gasteiger partial charge in [-0.2, -0.15) is 5.26 Å². The minimum absolute atomic E-state index is 0. The molecule has 32 heavy (non-hydrogen) atoms. The van der Waals surface area contributed by atoms with Crippen LogP contribution in [0.25, 0.3) is 0 Å². The molecule has 1 saturated heterocycles. The summed E-state index contributed by atoms with van der Waals surface area (Å²) in [7, 11) is 3.36. The second kappa shape index (κ2) is 8.60. The molecular formula is C24H29FN4O3. The van der Waals surface area contributed by atoms with Crippen molar-refractivity contribution in [3.8, 4) is 11.8 Å². The average molecular weight is 441 g/mol. The Kier molecular flexibility index (Phi) is 5.85. The first-order valence-corrected chi connectivity index (χ1v) is 10.6. The maximum Gasteiger partial charge on any atom is 0.269 e. The number of hydrazine groups is 1. The predicted molar refractivity (Wildman–Crippen MR) is 119 cm³/mol. The summed E-state index contributed by atoms with van der Waals surface area (Å²) in [4.78, 5) is 28.1. The van der Waals surface area contributed by atoms with Crippen LogP contribution in [0.2, 0.25) is 0 Å². The molecule has 0 aliphatic carbocycles. The van der Waals surface area contributed by atoms with Crippen molar-refractivity contribution in [3.05, 3.63) is 64.5 Å². The smallest absolute Gasteiger partial charge is 0.269 e. The molecular weight excluding hydrogens is 411 g/mol. The summed E-state index contributed by atoms with van der Waals surface area (Å²) in [5.41, 5.74) is 2.05. The number of hydrogen-bond donors (Lipinski definition) is 0. The fourth-order valence-electron chi connectivity index (χ4n) is 4.37. The van der Waals surface area contributed by atoms with Gasteiger partial charge in [0.1, 0.15) is 17.6 Å². The normalized spacial score (nSPS) is 17.9. The van der Waals surface area contributed by atoms with Crippen LogP contribution in [-0.4, -0.2) is 59.6 Å². The highest BCUT2D eigenvalue weighted by molar-refractivity contribution is 6.02. The van der Waals surface area contributed by atoms with Crippen LogP contribution in [0.4, 0.5) is 4.39 Å². The molecule has 0 radical (unpaired) electrons. The number of halogens is 1. The summed E-state index contributed by atoms with van der Waals surface area (Å²) in [6.45, 7) is 2.43. The van der Waals surface area contributed by atoms with E-state index in [1.807, 2.05) is 0 Å². The number of aryl methyl sites for hydroxylation is 1. The van der Waals surface area contributed by atoms with Gasteiger partial charge < -0.3 is 9.64 Å². The van der Waals surface area contributed by atoms with E-state index in [1.54, 1.807) is 55.2 Å². The second-order valence-electron chi connectivity index (χ2n) is 8.35. The number of benzene rings is 2. The third kappa shape index (κ3) is 3.92. The molecule has 4 rings (SSSR count). The Hall–Kier alpha value is -3.44. The minimum Gasteiger partial charge on any atom is -0.470 e. The van der Waals surface area contributed by atoms with Gasteiger partial charge in [0.05, 0.1) is 11.6 Å². The molecule has 0 N–H and O–H groups in total. The molecule has 2 amide bonds. The molecule has 1 fully saturated rings. The maximum atomic E-state index is 13.6. The van der Waals surface area contributed by atoms with Gasteiger partial charge in [-0.25, -0.2) is 9.40 Å². The lowest BCUT2D eigenvalue weighted by Crippen LogP contribution is -2.49. The van der Waals surface area contributed by atoms with Crippen molar-refractivity contribution in [2.24, 2.45) is 0 Å². The Morgan fingerprint density at radius 3 is 2.84 bits per heavy atom. The van der Waals surface area contributed by atoms with E-state index in [9.17, 15) is 19.2 Å². The van der Waals surface area contributed by atoms with Gasteiger partial charge in [-0.15, -0.1) is 0 Å². The van der Waals surface area contributed by atoms with Gasteiger partial charge in [0, 0.05) is 41.9 Å². The molecule has 0 saturated carbocycles. The highest BCUT2D eigenvalue weighted by Crippen LogP contribution is 2.35. The number of amides is 2. The SMILES string of the molecule is Cc1cc2c(cc1C(=O)N([C@H](C#N)Cc1cccc(F)c1)N(C)C)OC1CCCN1C2=O.[HH].[HH]. The summed E-state index contributed by atoms with van der Waals surface area (Å²) in [6.07, 6.45) is 1.52. The molecule has 0 spiro atoms. The Morgan fingerprint density at radius 1 is 1.38 bits per heavy atom. The molecule has 170 valence electrons. The summed E-state index contributed by atoms with van der Waals surface area (Å²) in [5, 5.41) is 12.7. The molecule has 2 aromatic carbocycles. The lowest BCUT2D eigenvalue weighted by Gasteiger charge is -2.35. The topological polar surface area (TPSA) is 76.9 Å². The van der Waals surface area contributed by atoms with E-state index >= 15 is 0 Å². The third-order valence-electron chi connectivity index (χ3n) is 5.91. The van der Waals surface area contributed by atoms with Gasteiger partial charge in [0.25, 0.3) is 11.8 Å². The molecule has 2 aromatic rings. The van der Waals surface area contributed by atoms with E-state index in [2.05, 4.69) is 6.07 Å². The molecule has 2 aliphatic heterocycles. The third-order valence-corrected chi connectivity index (χ3v) is 5.91. The monoisotopic (exact) mass is 440 g/mol. The zero-order chi connectivity index (χ0) is 23.0. The molecule has 0 aromatic heterocycles. The molecule has 8 heteroatoms. The highest BCUT2D eigenvalue weighted by atomic mass is 19.1. The van der Waals surface area contributed by atoms with Crippen molar-refractivity contribution >= 4 is 11.8 Å². The molecule has 7 nitrogen and oxygen atoms in total. The number of nitriles is 1. The number of carbonyl (C=O) groups is 2. The molecule has 0 bridgehead atoms. The zero-order valence-electron chi connectivity index (χ0n) is 18.3. The van der Waals surface area contributed by atoms with Crippen molar-refractivity contribution < 1.29 is 21.6 Å². The Bertz CT molecular complexity index is 1120. The van der Waals surface area contributed by atoms with Gasteiger partial charge in [0.15, 0.2) is 6.23 Å². The molecule has 2 aliphatic rings. The van der Waals surface area contributed by atoms with Gasteiger partial charge in [-0.1, -0.05) is 12.1 Å². The van der Waals surface area contributed by atoms with Gasteiger partial charge in [0.2, 0.25) is 0 Å². The summed E-state index contributed by atoms with van der Waals surface area (Å²) < 4.78 is 19.6. The molecule has 1 unspecified atom stereocenters. The first-order valence-electron chi connectivity index (χ1n) is 10.6. The van der Waals surface area contributed by atoms with Crippen molar-refractivity contribution in [3.63, 3.8) is 0 Å². The van der Waals surface area contributed by atoms with Gasteiger partial charge in [-0.05, 0) is 48.7 Å². The Labute approximate surface area is 189 Å². The quantitative estimate of drug-likeness (QED) is 0.664. The van der Waals surface area contributed by atoms with Crippen molar-refractivity contribution in [1.82, 2.24) is 14.9 Å². The summed E-state index contributed by atoms with van der Waals surface area (Å²) in [6, 6.07) is 10.6. The number of nitrogens with zero attached hydrogens (tertiary/aromatic N) is 4. The summed E-state index contributed by atoms with van der Waals surface area (Å²) in [5.74, 6) is -0.468. The van der Waals surface area contributed by atoms with Crippen molar-refractivity contribution in [2.75, 3.05) is 20.6 Å². The van der Waals surface area contributed by atoms with E-state index in [0.717, 1.165) is 12.8 Å². The van der Waals surface area contributed by atoms with Crippen LogP contribution in [0, 0.1) is 24.1 Å². The molecule has 2 heterocycles. The van der Waals surface area contributed by atoms with Crippen molar-refractivity contribution in [1.29, 1.82) is 5.26 Å². The highest BCUT2D eigenvalue weighted by Gasteiger charge is 2.38. The Morgan fingerprint density at radius 2 is 2.16 bits per heavy atom. The standard InChI is InChI=1S/C24H25FN4O3.2H2/c1-15-10-20-21(32-22-8-5-9-28(22)23(20)30)13-19(15)24(31)29(27(2)3)18(14-26)12-16-6-4-7-17(25)11-16;;/h4,6-7,10-11,13,18,22H,5,8-9,12H2,1-3H3;2*1H/t18-,22?;;/m0../s1. The van der Waals surface area contributed by atoms with E-state index in [4.69, 9.17) is 4.74 Å². The number of rotatable bonds is 5.